The smallest absolute Gasteiger partial charge is 0.161 e. The molecule has 114 valence electrons. The average Bonchev–Trinajstić information content (AvgIpc) is 2.50. The van der Waals surface area contributed by atoms with Gasteiger partial charge in [0.1, 0.15) is 0 Å². The van der Waals surface area contributed by atoms with E-state index in [1.54, 1.807) is 14.2 Å². The number of rotatable bonds is 8. The molecule has 0 heterocycles. The first-order valence-corrected chi connectivity index (χ1v) is 6.86. The maximum atomic E-state index is 9.20. The average molecular weight is 282 g/mol. The molecule has 1 rings (SSSR count). The third-order valence-corrected chi connectivity index (χ3v) is 3.65. The van der Waals surface area contributed by atoms with Gasteiger partial charge in [0.2, 0.25) is 0 Å². The Morgan fingerprint density at radius 2 is 1.85 bits per heavy atom. The van der Waals surface area contributed by atoms with Gasteiger partial charge in [-0.1, -0.05) is 13.0 Å². The number of nitrogens with two attached hydrogens (primary N) is 1. The molecule has 0 aromatic heterocycles. The molecule has 0 saturated heterocycles. The molecule has 1 aromatic rings. The third-order valence-electron chi connectivity index (χ3n) is 3.65. The van der Waals surface area contributed by atoms with Gasteiger partial charge in [-0.25, -0.2) is 0 Å². The summed E-state index contributed by atoms with van der Waals surface area (Å²) in [5.74, 6) is 1.56. The molecule has 3 unspecified atom stereocenters. The van der Waals surface area contributed by atoms with Crippen molar-refractivity contribution in [1.82, 2.24) is 5.32 Å². The fraction of sp³-hybridized carbons (Fsp3) is 0.600. The minimum Gasteiger partial charge on any atom is -0.493 e. The molecule has 0 aliphatic rings. The van der Waals surface area contributed by atoms with Crippen LogP contribution in [-0.2, 0) is 0 Å². The molecule has 5 nitrogen and oxygen atoms in total. The van der Waals surface area contributed by atoms with Crippen molar-refractivity contribution in [2.75, 3.05) is 27.4 Å². The molecular weight excluding hydrogens is 256 g/mol. The summed E-state index contributed by atoms with van der Waals surface area (Å²) in [6.45, 7) is 4.67. The fourth-order valence-electron chi connectivity index (χ4n) is 2.01. The van der Waals surface area contributed by atoms with Crippen molar-refractivity contribution in [3.8, 4) is 11.5 Å². The molecule has 0 bridgehead atoms. The molecule has 0 aliphatic carbocycles. The van der Waals surface area contributed by atoms with E-state index in [2.05, 4.69) is 5.32 Å². The second-order valence-electron chi connectivity index (χ2n) is 5.02. The van der Waals surface area contributed by atoms with Crippen LogP contribution in [-0.4, -0.2) is 38.5 Å². The molecule has 5 heteroatoms. The van der Waals surface area contributed by atoms with Gasteiger partial charge in [0.05, 0.1) is 14.2 Å². The van der Waals surface area contributed by atoms with Crippen molar-refractivity contribution < 1.29 is 14.6 Å². The number of aliphatic hydroxyl groups is 1. The Morgan fingerprint density at radius 1 is 1.20 bits per heavy atom. The third kappa shape index (κ3) is 4.10. The molecule has 1 aromatic carbocycles. The summed E-state index contributed by atoms with van der Waals surface area (Å²) in [7, 11) is 3.23. The summed E-state index contributed by atoms with van der Waals surface area (Å²) >= 11 is 0. The van der Waals surface area contributed by atoms with E-state index in [0.29, 0.717) is 18.0 Å². The maximum absolute atomic E-state index is 9.20. The normalized spacial score (nSPS) is 15.5. The number of hydrogen-bond donors (Lipinski definition) is 3. The second-order valence-corrected chi connectivity index (χ2v) is 5.02. The van der Waals surface area contributed by atoms with E-state index in [1.165, 1.54) is 0 Å². The molecule has 0 aliphatic heterocycles. The van der Waals surface area contributed by atoms with Crippen LogP contribution in [0.15, 0.2) is 18.2 Å². The molecule has 0 radical (unpaired) electrons. The zero-order valence-corrected chi connectivity index (χ0v) is 12.7. The highest BCUT2D eigenvalue weighted by molar-refractivity contribution is 5.43. The molecule has 0 amide bonds. The van der Waals surface area contributed by atoms with Crippen LogP contribution in [0.5, 0.6) is 11.5 Å². The van der Waals surface area contributed by atoms with E-state index in [4.69, 9.17) is 15.2 Å². The van der Waals surface area contributed by atoms with Crippen LogP contribution in [0, 0.1) is 5.92 Å². The molecular formula is C15H26N2O3. The van der Waals surface area contributed by atoms with Crippen molar-refractivity contribution >= 4 is 0 Å². The van der Waals surface area contributed by atoms with Crippen molar-refractivity contribution in [3.05, 3.63) is 23.8 Å². The largest absolute Gasteiger partial charge is 0.493 e. The van der Waals surface area contributed by atoms with Crippen molar-refractivity contribution in [2.45, 2.75) is 25.9 Å². The highest BCUT2D eigenvalue weighted by Crippen LogP contribution is 2.30. The van der Waals surface area contributed by atoms with Crippen LogP contribution in [0.1, 0.15) is 25.5 Å². The van der Waals surface area contributed by atoms with Crippen LogP contribution in [0.4, 0.5) is 0 Å². The maximum Gasteiger partial charge on any atom is 0.161 e. The van der Waals surface area contributed by atoms with Gasteiger partial charge < -0.3 is 25.6 Å². The lowest BCUT2D eigenvalue weighted by molar-refractivity contribution is 0.201. The summed E-state index contributed by atoms with van der Waals surface area (Å²) < 4.78 is 10.5. The standard InChI is InChI=1S/C15H26N2O3/c1-10(9-18)11(2)17-13(8-16)12-5-6-14(19-3)15(7-12)20-4/h5-7,10-11,13,17-18H,8-9,16H2,1-4H3. The second kappa shape index (κ2) is 8.09. The van der Waals surface area contributed by atoms with Gasteiger partial charge in [-0.2, -0.15) is 0 Å². The van der Waals surface area contributed by atoms with Gasteiger partial charge in [0.15, 0.2) is 11.5 Å². The van der Waals surface area contributed by atoms with Gasteiger partial charge >= 0.3 is 0 Å². The Morgan fingerprint density at radius 3 is 2.35 bits per heavy atom. The quantitative estimate of drug-likeness (QED) is 0.670. The van der Waals surface area contributed by atoms with Crippen LogP contribution in [0.25, 0.3) is 0 Å². The number of benzene rings is 1. The molecule has 20 heavy (non-hydrogen) atoms. The van der Waals surface area contributed by atoms with Gasteiger partial charge in [-0.15, -0.1) is 0 Å². The molecule has 0 spiro atoms. The number of ether oxygens (including phenoxy) is 2. The Kier molecular flexibility index (Phi) is 6.78. The topological polar surface area (TPSA) is 76.7 Å². The van der Waals surface area contributed by atoms with Crippen LogP contribution in [0.2, 0.25) is 0 Å². The molecule has 0 fully saturated rings. The van der Waals surface area contributed by atoms with E-state index >= 15 is 0 Å². The Balaban J connectivity index is 2.89. The number of nitrogens with one attached hydrogen (secondary N) is 1. The van der Waals surface area contributed by atoms with Gasteiger partial charge in [0, 0.05) is 25.2 Å². The first-order valence-electron chi connectivity index (χ1n) is 6.86. The molecule has 0 saturated carbocycles. The summed E-state index contributed by atoms with van der Waals surface area (Å²) in [6.07, 6.45) is 0. The lowest BCUT2D eigenvalue weighted by atomic mass is 10.0. The SMILES string of the molecule is COc1ccc(C(CN)NC(C)C(C)CO)cc1OC. The monoisotopic (exact) mass is 282 g/mol. The van der Waals surface area contributed by atoms with Crippen molar-refractivity contribution in [1.29, 1.82) is 0 Å². The van der Waals surface area contributed by atoms with E-state index in [9.17, 15) is 5.11 Å². The van der Waals surface area contributed by atoms with Crippen LogP contribution < -0.4 is 20.5 Å². The highest BCUT2D eigenvalue weighted by atomic mass is 16.5. The van der Waals surface area contributed by atoms with Crippen molar-refractivity contribution in [2.24, 2.45) is 11.7 Å². The predicted octanol–water partition coefficient (Wildman–Crippen LogP) is 1.31. The van der Waals surface area contributed by atoms with Gasteiger partial charge in [-0.05, 0) is 30.5 Å². The first-order chi connectivity index (χ1) is 9.57. The number of methoxy groups -OCH3 is 2. The summed E-state index contributed by atoms with van der Waals surface area (Å²) in [5, 5.41) is 12.6. The minimum absolute atomic E-state index is 0.0128. The highest BCUT2D eigenvalue weighted by Gasteiger charge is 2.18. The number of aliphatic hydroxyl groups excluding tert-OH is 1. The van der Waals surface area contributed by atoms with Gasteiger partial charge in [0.25, 0.3) is 0 Å². The van der Waals surface area contributed by atoms with E-state index < -0.39 is 0 Å². The van der Waals surface area contributed by atoms with Crippen LogP contribution >= 0.6 is 0 Å². The zero-order chi connectivity index (χ0) is 15.1. The predicted molar refractivity (Wildman–Crippen MR) is 80.2 cm³/mol. The summed E-state index contributed by atoms with van der Waals surface area (Å²) in [5.41, 5.74) is 6.90. The number of hydrogen-bond acceptors (Lipinski definition) is 5. The fourth-order valence-corrected chi connectivity index (χ4v) is 2.01. The Bertz CT molecular complexity index is 412. The lowest BCUT2D eigenvalue weighted by Crippen LogP contribution is -2.39. The molecule has 3 atom stereocenters. The minimum atomic E-state index is 0.0128. The lowest BCUT2D eigenvalue weighted by Gasteiger charge is -2.26. The van der Waals surface area contributed by atoms with Gasteiger partial charge in [-0.3, -0.25) is 0 Å². The first kappa shape index (κ1) is 16.8. The summed E-state index contributed by atoms with van der Waals surface area (Å²) in [4.78, 5) is 0. The van der Waals surface area contributed by atoms with Crippen LogP contribution in [0.3, 0.4) is 0 Å². The van der Waals surface area contributed by atoms with Crippen molar-refractivity contribution in [3.63, 3.8) is 0 Å². The zero-order valence-electron chi connectivity index (χ0n) is 12.7. The Labute approximate surface area is 121 Å². The summed E-state index contributed by atoms with van der Waals surface area (Å²) in [6, 6.07) is 5.96. The Hall–Kier alpha value is -1.30. The van der Waals surface area contributed by atoms with E-state index in [1.807, 2.05) is 32.0 Å². The van der Waals surface area contributed by atoms with E-state index in [-0.39, 0.29) is 24.6 Å². The van der Waals surface area contributed by atoms with E-state index in [0.717, 1.165) is 5.56 Å². The molecule has 4 N–H and O–H groups in total.